The van der Waals surface area contributed by atoms with Gasteiger partial charge in [0.2, 0.25) is 0 Å². The van der Waals surface area contributed by atoms with Gasteiger partial charge in [-0.1, -0.05) is 30.3 Å². The van der Waals surface area contributed by atoms with Gasteiger partial charge >= 0.3 is 0 Å². The summed E-state index contributed by atoms with van der Waals surface area (Å²) in [7, 11) is 0. The average Bonchev–Trinajstić information content (AvgIpc) is 2.45. The molecule has 0 saturated heterocycles. The summed E-state index contributed by atoms with van der Waals surface area (Å²) in [5, 5.41) is 21.8. The standard InChI is InChI=1S/C14H12BrNO3/c15-13-10(6-7-11(17)14(13)19)16-8-12(18)9-4-2-1-3-5-9/h1-7,16-17,19H,8H2. The zero-order valence-corrected chi connectivity index (χ0v) is 11.5. The van der Waals surface area contributed by atoms with E-state index in [9.17, 15) is 15.0 Å². The third-order valence-electron chi connectivity index (χ3n) is 2.63. The van der Waals surface area contributed by atoms with Crippen LogP contribution in [0.3, 0.4) is 0 Å². The maximum Gasteiger partial charge on any atom is 0.181 e. The SMILES string of the molecule is O=C(CNc1ccc(O)c(O)c1Br)c1ccccc1. The lowest BCUT2D eigenvalue weighted by Gasteiger charge is -2.10. The lowest BCUT2D eigenvalue weighted by molar-refractivity contribution is 0.101. The number of carbonyl (C=O) groups excluding carboxylic acids is 1. The Kier molecular flexibility index (Phi) is 4.06. The van der Waals surface area contributed by atoms with Crippen molar-refractivity contribution < 1.29 is 15.0 Å². The van der Waals surface area contributed by atoms with Gasteiger partial charge in [0.15, 0.2) is 17.3 Å². The molecule has 0 radical (unpaired) electrons. The van der Waals surface area contributed by atoms with Crippen molar-refractivity contribution in [2.24, 2.45) is 0 Å². The molecule has 2 aromatic carbocycles. The Bertz CT molecular complexity index is 599. The number of hydrogen-bond acceptors (Lipinski definition) is 4. The average molecular weight is 322 g/mol. The maximum atomic E-state index is 11.9. The van der Waals surface area contributed by atoms with E-state index >= 15 is 0 Å². The van der Waals surface area contributed by atoms with Gasteiger partial charge in [0.1, 0.15) is 0 Å². The second-order valence-corrected chi connectivity index (χ2v) is 4.73. The number of benzene rings is 2. The first kappa shape index (κ1) is 13.4. The van der Waals surface area contributed by atoms with Crippen molar-refractivity contribution in [3.63, 3.8) is 0 Å². The molecule has 0 aliphatic carbocycles. The summed E-state index contributed by atoms with van der Waals surface area (Å²) in [6.07, 6.45) is 0. The van der Waals surface area contributed by atoms with E-state index in [1.54, 1.807) is 30.3 Å². The highest BCUT2D eigenvalue weighted by Gasteiger charge is 2.11. The second-order valence-electron chi connectivity index (χ2n) is 3.94. The molecule has 0 atom stereocenters. The highest BCUT2D eigenvalue weighted by atomic mass is 79.9. The van der Waals surface area contributed by atoms with Gasteiger partial charge in [-0.3, -0.25) is 4.79 Å². The van der Waals surface area contributed by atoms with E-state index in [1.807, 2.05) is 6.07 Å². The van der Waals surface area contributed by atoms with Crippen molar-refractivity contribution in [2.75, 3.05) is 11.9 Å². The van der Waals surface area contributed by atoms with Gasteiger partial charge in [-0.05, 0) is 28.1 Å². The summed E-state index contributed by atoms with van der Waals surface area (Å²) in [5.74, 6) is -0.524. The maximum absolute atomic E-state index is 11.9. The number of Topliss-reactive ketones (excluding diaryl/α,β-unsaturated/α-hetero) is 1. The van der Waals surface area contributed by atoms with Crippen LogP contribution in [0.5, 0.6) is 11.5 Å². The first-order valence-corrected chi connectivity index (χ1v) is 6.41. The van der Waals surface area contributed by atoms with Crippen molar-refractivity contribution in [1.29, 1.82) is 0 Å². The molecule has 19 heavy (non-hydrogen) atoms. The number of ketones is 1. The molecule has 4 nitrogen and oxygen atoms in total. The van der Waals surface area contributed by atoms with Crippen LogP contribution in [-0.2, 0) is 0 Å². The minimum Gasteiger partial charge on any atom is -0.504 e. The molecule has 0 amide bonds. The Morgan fingerprint density at radius 3 is 2.47 bits per heavy atom. The van der Waals surface area contributed by atoms with Gasteiger partial charge in [-0.2, -0.15) is 0 Å². The van der Waals surface area contributed by atoms with Crippen LogP contribution >= 0.6 is 15.9 Å². The van der Waals surface area contributed by atoms with E-state index in [2.05, 4.69) is 21.2 Å². The fraction of sp³-hybridized carbons (Fsp3) is 0.0714. The van der Waals surface area contributed by atoms with Crippen LogP contribution in [0.4, 0.5) is 5.69 Å². The number of phenols is 2. The molecular weight excluding hydrogens is 310 g/mol. The molecule has 0 heterocycles. The monoisotopic (exact) mass is 321 g/mol. The number of hydrogen-bond donors (Lipinski definition) is 3. The normalized spacial score (nSPS) is 10.2. The lowest BCUT2D eigenvalue weighted by Crippen LogP contribution is -2.14. The van der Waals surface area contributed by atoms with Crippen molar-refractivity contribution in [2.45, 2.75) is 0 Å². The molecule has 0 unspecified atom stereocenters. The number of aromatic hydroxyl groups is 2. The molecule has 98 valence electrons. The first-order valence-electron chi connectivity index (χ1n) is 5.62. The Labute approximate surface area is 118 Å². The first-order chi connectivity index (χ1) is 9.09. The molecule has 0 saturated carbocycles. The summed E-state index contributed by atoms with van der Waals surface area (Å²) in [6, 6.07) is 11.9. The fourth-order valence-corrected chi connectivity index (χ4v) is 2.07. The van der Waals surface area contributed by atoms with E-state index in [0.717, 1.165) is 0 Å². The summed E-state index contributed by atoms with van der Waals surface area (Å²) in [5.41, 5.74) is 1.16. The van der Waals surface area contributed by atoms with Crippen LogP contribution in [0, 0.1) is 0 Å². The van der Waals surface area contributed by atoms with Crippen LogP contribution in [-0.4, -0.2) is 22.5 Å². The fourth-order valence-electron chi connectivity index (χ4n) is 1.59. The van der Waals surface area contributed by atoms with Crippen molar-refractivity contribution in [1.82, 2.24) is 0 Å². The van der Waals surface area contributed by atoms with Crippen LogP contribution in [0.25, 0.3) is 0 Å². The van der Waals surface area contributed by atoms with Gasteiger partial charge in [0.25, 0.3) is 0 Å². The van der Waals surface area contributed by atoms with Crippen LogP contribution in [0.1, 0.15) is 10.4 Å². The molecule has 0 aromatic heterocycles. The summed E-state index contributed by atoms with van der Waals surface area (Å²) in [6.45, 7) is 0.104. The molecule has 0 spiro atoms. The van der Waals surface area contributed by atoms with E-state index in [0.29, 0.717) is 15.7 Å². The van der Waals surface area contributed by atoms with Gasteiger partial charge in [-0.15, -0.1) is 0 Å². The predicted molar refractivity (Wildman–Crippen MR) is 76.7 cm³/mol. The van der Waals surface area contributed by atoms with Crippen LogP contribution < -0.4 is 5.32 Å². The number of phenolic OH excluding ortho intramolecular Hbond substituents is 2. The molecule has 2 rings (SSSR count). The third kappa shape index (κ3) is 3.06. The van der Waals surface area contributed by atoms with Crippen molar-refractivity contribution in [3.05, 3.63) is 52.5 Å². The van der Waals surface area contributed by atoms with Gasteiger partial charge in [0, 0.05) is 5.56 Å². The number of nitrogens with one attached hydrogen (secondary N) is 1. The Morgan fingerprint density at radius 1 is 1.11 bits per heavy atom. The highest BCUT2D eigenvalue weighted by Crippen LogP contribution is 2.38. The minimum atomic E-state index is -0.253. The van der Waals surface area contributed by atoms with Crippen molar-refractivity contribution in [3.8, 4) is 11.5 Å². The lowest BCUT2D eigenvalue weighted by atomic mass is 10.1. The van der Waals surface area contributed by atoms with Gasteiger partial charge in [-0.25, -0.2) is 0 Å². The smallest absolute Gasteiger partial charge is 0.181 e. The van der Waals surface area contributed by atoms with E-state index in [4.69, 9.17) is 0 Å². The van der Waals surface area contributed by atoms with E-state index in [-0.39, 0.29) is 23.8 Å². The van der Waals surface area contributed by atoms with E-state index in [1.165, 1.54) is 6.07 Å². The summed E-state index contributed by atoms with van der Waals surface area (Å²) in [4.78, 5) is 11.9. The van der Waals surface area contributed by atoms with Gasteiger partial charge < -0.3 is 15.5 Å². The van der Waals surface area contributed by atoms with Gasteiger partial charge in [0.05, 0.1) is 16.7 Å². The summed E-state index contributed by atoms with van der Waals surface area (Å²) >= 11 is 3.15. The molecule has 0 bridgehead atoms. The largest absolute Gasteiger partial charge is 0.504 e. The third-order valence-corrected chi connectivity index (χ3v) is 3.43. The number of carbonyl (C=O) groups is 1. The Morgan fingerprint density at radius 2 is 1.79 bits per heavy atom. The number of halogens is 1. The minimum absolute atomic E-state index is 0.0555. The van der Waals surface area contributed by atoms with Crippen molar-refractivity contribution >= 4 is 27.4 Å². The number of anilines is 1. The molecule has 0 aliphatic heterocycles. The topological polar surface area (TPSA) is 69.6 Å². The molecule has 0 fully saturated rings. The summed E-state index contributed by atoms with van der Waals surface area (Å²) < 4.78 is 0.327. The van der Waals surface area contributed by atoms with Crippen LogP contribution in [0.2, 0.25) is 0 Å². The second kappa shape index (κ2) is 5.75. The zero-order chi connectivity index (χ0) is 13.8. The molecule has 2 aromatic rings. The Balaban J connectivity index is 2.08. The molecule has 0 aliphatic rings. The highest BCUT2D eigenvalue weighted by molar-refractivity contribution is 9.10. The molecule has 3 N–H and O–H groups in total. The van der Waals surface area contributed by atoms with Crippen LogP contribution in [0.15, 0.2) is 46.9 Å². The molecule has 5 heteroatoms. The quantitative estimate of drug-likeness (QED) is 0.459. The predicted octanol–water partition coefficient (Wildman–Crippen LogP) is 3.16. The molecular formula is C14H12BrNO3. The Hall–Kier alpha value is -2.01. The zero-order valence-electron chi connectivity index (χ0n) is 9.93. The number of rotatable bonds is 4. The van der Waals surface area contributed by atoms with E-state index < -0.39 is 0 Å².